The molecule has 0 bridgehead atoms. The van der Waals surface area contributed by atoms with E-state index in [4.69, 9.17) is 5.26 Å². The summed E-state index contributed by atoms with van der Waals surface area (Å²) in [5.74, 6) is -0.626. The highest BCUT2D eigenvalue weighted by molar-refractivity contribution is 7.22. The number of para-hydroxylation sites is 1. The number of carbonyl (C=O) groups excluding carboxylic acids is 1. The van der Waals surface area contributed by atoms with Crippen molar-refractivity contribution in [3.05, 3.63) is 59.4 Å². The van der Waals surface area contributed by atoms with Crippen LogP contribution in [0.5, 0.6) is 0 Å². The van der Waals surface area contributed by atoms with Crippen LogP contribution in [0.4, 0.5) is 9.52 Å². The molecule has 8 heteroatoms. The van der Waals surface area contributed by atoms with E-state index in [1.165, 1.54) is 17.4 Å². The predicted molar refractivity (Wildman–Crippen MR) is 108 cm³/mol. The SMILES string of the molecule is CN(C)CCN(C(=O)c1ccc(C#N)cc1)c1nc2c(F)cccc2s1.Cl. The van der Waals surface area contributed by atoms with Gasteiger partial charge in [-0.2, -0.15) is 5.26 Å². The minimum atomic E-state index is -0.400. The number of likely N-dealkylation sites (N-methyl/N-ethyl adjacent to an activating group) is 1. The molecule has 1 aromatic heterocycles. The Balaban J connectivity index is 0.00000261. The molecule has 3 aromatic rings. The second-order valence-electron chi connectivity index (χ2n) is 6.03. The number of thiazole rings is 1. The number of benzene rings is 2. The molecular formula is C19H18ClFN4OS. The summed E-state index contributed by atoms with van der Waals surface area (Å²) in [6, 6.07) is 13.3. The number of hydrogen-bond donors (Lipinski definition) is 0. The molecule has 0 aliphatic carbocycles. The van der Waals surface area contributed by atoms with Crippen LogP contribution in [-0.2, 0) is 0 Å². The van der Waals surface area contributed by atoms with E-state index in [0.29, 0.717) is 34.0 Å². The highest BCUT2D eigenvalue weighted by Gasteiger charge is 2.22. The van der Waals surface area contributed by atoms with Gasteiger partial charge in [-0.05, 0) is 50.5 Å². The van der Waals surface area contributed by atoms with Crippen molar-refractivity contribution < 1.29 is 9.18 Å². The average molecular weight is 405 g/mol. The summed E-state index contributed by atoms with van der Waals surface area (Å²) in [6.07, 6.45) is 0. The number of hydrogen-bond acceptors (Lipinski definition) is 5. The highest BCUT2D eigenvalue weighted by atomic mass is 35.5. The fraction of sp³-hybridized carbons (Fsp3) is 0.211. The number of nitrogens with zero attached hydrogens (tertiary/aromatic N) is 4. The predicted octanol–water partition coefficient (Wildman–Crippen LogP) is 3.94. The van der Waals surface area contributed by atoms with Crippen LogP contribution in [0, 0.1) is 17.1 Å². The van der Waals surface area contributed by atoms with Gasteiger partial charge >= 0.3 is 0 Å². The molecule has 0 aliphatic rings. The standard InChI is InChI=1S/C19H17FN4OS.ClH/c1-23(2)10-11-24(18(25)14-8-6-13(12-21)7-9-14)19-22-17-15(20)4-3-5-16(17)26-19;/h3-9H,10-11H2,1-2H3;1H. The number of halogens is 2. The lowest BCUT2D eigenvalue weighted by atomic mass is 10.1. The fourth-order valence-corrected chi connectivity index (χ4v) is 3.45. The van der Waals surface area contributed by atoms with Gasteiger partial charge in [-0.3, -0.25) is 9.69 Å². The third-order valence-corrected chi connectivity index (χ3v) is 4.91. The number of fused-ring (bicyclic) bond motifs is 1. The van der Waals surface area contributed by atoms with E-state index in [2.05, 4.69) is 4.98 Å². The lowest BCUT2D eigenvalue weighted by Crippen LogP contribution is -2.36. The summed E-state index contributed by atoms with van der Waals surface area (Å²) in [5.41, 5.74) is 1.22. The van der Waals surface area contributed by atoms with Crippen molar-refractivity contribution in [1.29, 1.82) is 5.26 Å². The molecule has 0 aliphatic heterocycles. The van der Waals surface area contributed by atoms with Gasteiger partial charge in [0.15, 0.2) is 5.13 Å². The van der Waals surface area contributed by atoms with Crippen LogP contribution in [0.2, 0.25) is 0 Å². The minimum absolute atomic E-state index is 0. The molecule has 140 valence electrons. The monoisotopic (exact) mass is 404 g/mol. The first-order valence-corrected chi connectivity index (χ1v) is 8.83. The Hall–Kier alpha value is -2.53. The molecule has 0 fully saturated rings. The van der Waals surface area contributed by atoms with Crippen molar-refractivity contribution in [2.24, 2.45) is 0 Å². The molecular weight excluding hydrogens is 387 g/mol. The van der Waals surface area contributed by atoms with E-state index >= 15 is 0 Å². The maximum atomic E-state index is 14.0. The summed E-state index contributed by atoms with van der Waals surface area (Å²) in [7, 11) is 3.84. The first-order chi connectivity index (χ1) is 12.5. The Morgan fingerprint density at radius 2 is 1.89 bits per heavy atom. The lowest BCUT2D eigenvalue weighted by Gasteiger charge is -2.22. The fourth-order valence-electron chi connectivity index (χ4n) is 2.45. The van der Waals surface area contributed by atoms with Crippen LogP contribution in [0.25, 0.3) is 10.2 Å². The lowest BCUT2D eigenvalue weighted by molar-refractivity contribution is 0.0985. The molecule has 0 spiro atoms. The van der Waals surface area contributed by atoms with Crippen LogP contribution in [-0.4, -0.2) is 43.0 Å². The van der Waals surface area contributed by atoms with Crippen LogP contribution >= 0.6 is 23.7 Å². The number of aromatic nitrogens is 1. The second-order valence-corrected chi connectivity index (χ2v) is 7.04. The molecule has 0 saturated carbocycles. The number of nitriles is 1. The van der Waals surface area contributed by atoms with E-state index in [1.54, 1.807) is 41.3 Å². The zero-order chi connectivity index (χ0) is 18.7. The third-order valence-electron chi connectivity index (χ3n) is 3.87. The number of carbonyl (C=O) groups is 1. The molecule has 0 unspecified atom stereocenters. The number of anilines is 1. The Morgan fingerprint density at radius 3 is 2.48 bits per heavy atom. The summed E-state index contributed by atoms with van der Waals surface area (Å²) in [5, 5.41) is 9.37. The first-order valence-electron chi connectivity index (χ1n) is 8.01. The van der Waals surface area contributed by atoms with Crippen molar-refractivity contribution in [2.75, 3.05) is 32.1 Å². The van der Waals surface area contributed by atoms with E-state index in [-0.39, 0.29) is 23.8 Å². The van der Waals surface area contributed by atoms with Gasteiger partial charge in [-0.15, -0.1) is 12.4 Å². The van der Waals surface area contributed by atoms with Gasteiger partial charge in [0.25, 0.3) is 5.91 Å². The van der Waals surface area contributed by atoms with E-state index in [1.807, 2.05) is 25.1 Å². The summed E-state index contributed by atoms with van der Waals surface area (Å²) >= 11 is 1.28. The molecule has 5 nitrogen and oxygen atoms in total. The molecule has 0 radical (unpaired) electrons. The molecule has 3 rings (SSSR count). The average Bonchev–Trinajstić information content (AvgIpc) is 3.07. The maximum Gasteiger partial charge on any atom is 0.260 e. The summed E-state index contributed by atoms with van der Waals surface area (Å²) < 4.78 is 14.7. The quantitative estimate of drug-likeness (QED) is 0.646. The Morgan fingerprint density at radius 1 is 1.19 bits per heavy atom. The Labute approximate surface area is 167 Å². The van der Waals surface area contributed by atoms with Crippen molar-refractivity contribution in [1.82, 2.24) is 9.88 Å². The van der Waals surface area contributed by atoms with Gasteiger partial charge in [-0.1, -0.05) is 17.4 Å². The van der Waals surface area contributed by atoms with Crippen molar-refractivity contribution in [3.63, 3.8) is 0 Å². The van der Waals surface area contributed by atoms with Crippen LogP contribution in [0.3, 0.4) is 0 Å². The molecule has 0 saturated heterocycles. The number of rotatable bonds is 5. The number of amides is 1. The Bertz CT molecular complexity index is 982. The first kappa shape index (κ1) is 20.8. The zero-order valence-electron chi connectivity index (χ0n) is 14.8. The zero-order valence-corrected chi connectivity index (χ0v) is 16.5. The van der Waals surface area contributed by atoms with Gasteiger partial charge in [-0.25, -0.2) is 9.37 Å². The molecule has 27 heavy (non-hydrogen) atoms. The molecule has 1 amide bonds. The summed E-state index contributed by atoms with van der Waals surface area (Å²) in [4.78, 5) is 20.9. The molecule has 0 atom stereocenters. The van der Waals surface area contributed by atoms with Gasteiger partial charge in [0.05, 0.1) is 16.3 Å². The normalized spacial score (nSPS) is 10.5. The minimum Gasteiger partial charge on any atom is -0.308 e. The van der Waals surface area contributed by atoms with Crippen molar-refractivity contribution in [2.45, 2.75) is 0 Å². The van der Waals surface area contributed by atoms with E-state index in [9.17, 15) is 9.18 Å². The van der Waals surface area contributed by atoms with Crippen molar-refractivity contribution >= 4 is 45.0 Å². The van der Waals surface area contributed by atoms with Crippen LogP contribution in [0.15, 0.2) is 42.5 Å². The maximum absolute atomic E-state index is 14.0. The summed E-state index contributed by atoms with van der Waals surface area (Å²) in [6.45, 7) is 1.06. The molecule has 0 N–H and O–H groups in total. The Kier molecular flexibility index (Phi) is 6.86. The third kappa shape index (κ3) is 4.61. The van der Waals surface area contributed by atoms with Gasteiger partial charge < -0.3 is 4.90 Å². The van der Waals surface area contributed by atoms with Gasteiger partial charge in [0.2, 0.25) is 0 Å². The highest BCUT2D eigenvalue weighted by Crippen LogP contribution is 2.31. The van der Waals surface area contributed by atoms with E-state index in [0.717, 1.165) is 0 Å². The van der Waals surface area contributed by atoms with Crippen LogP contribution < -0.4 is 4.90 Å². The van der Waals surface area contributed by atoms with Crippen molar-refractivity contribution in [3.8, 4) is 6.07 Å². The van der Waals surface area contributed by atoms with E-state index < -0.39 is 5.82 Å². The largest absolute Gasteiger partial charge is 0.308 e. The molecule has 2 aromatic carbocycles. The van der Waals surface area contributed by atoms with Crippen LogP contribution in [0.1, 0.15) is 15.9 Å². The van der Waals surface area contributed by atoms with Gasteiger partial charge in [0.1, 0.15) is 11.3 Å². The second kappa shape index (κ2) is 8.91. The van der Waals surface area contributed by atoms with Gasteiger partial charge in [0, 0.05) is 18.7 Å². The smallest absolute Gasteiger partial charge is 0.260 e. The molecule has 1 heterocycles. The topological polar surface area (TPSA) is 60.2 Å².